The molecule has 0 saturated carbocycles. The van der Waals surface area contributed by atoms with Gasteiger partial charge in [-0.05, 0) is 13.3 Å². The van der Waals surface area contributed by atoms with Crippen molar-refractivity contribution in [1.82, 2.24) is 0 Å². The molecule has 0 aliphatic heterocycles. The number of hydrogen-bond donors (Lipinski definition) is 8. The van der Waals surface area contributed by atoms with Crippen LogP contribution in [-0.4, -0.2) is 65.4 Å². The highest BCUT2D eigenvalue weighted by molar-refractivity contribution is 7.53. The van der Waals surface area contributed by atoms with Crippen LogP contribution in [0.5, 0.6) is 0 Å². The molecule has 0 radical (unpaired) electrons. The number of rotatable bonds is 13. The van der Waals surface area contributed by atoms with E-state index in [9.17, 15) is 20.4 Å². The van der Waals surface area contributed by atoms with E-state index < -0.39 is 48.0 Å². The third-order valence-corrected chi connectivity index (χ3v) is 5.38. The van der Waals surface area contributed by atoms with Crippen LogP contribution in [0.15, 0.2) is 0 Å². The predicted octanol–water partition coefficient (Wildman–Crippen LogP) is 0.877. The summed E-state index contributed by atoms with van der Waals surface area (Å²) in [4.78, 5) is 31.3. The minimum atomic E-state index is -2.61. The van der Waals surface area contributed by atoms with E-state index in [-0.39, 0.29) is 0 Å². The quantitative estimate of drug-likeness (QED) is 0.163. The fraction of sp³-hybridized carbons (Fsp3) is 1.00. The summed E-state index contributed by atoms with van der Waals surface area (Å²) in [7, 11) is -5.22. The van der Waals surface area contributed by atoms with E-state index in [0.29, 0.717) is 6.42 Å². The Bertz CT molecular complexity index is 286. The van der Waals surface area contributed by atoms with Gasteiger partial charge in [-0.2, -0.15) is 0 Å². The van der Waals surface area contributed by atoms with Gasteiger partial charge < -0.3 is 40.0 Å². The van der Waals surface area contributed by atoms with E-state index in [1.165, 1.54) is 19.3 Å². The van der Waals surface area contributed by atoms with Crippen LogP contribution >= 0.6 is 17.2 Å². The van der Waals surface area contributed by atoms with Crippen LogP contribution in [0.25, 0.3) is 0 Å². The first-order valence-electron chi connectivity index (χ1n) is 8.21. The summed E-state index contributed by atoms with van der Waals surface area (Å²) in [5.74, 6) is 0. The molecular weight excluding hydrogens is 374 g/mol. The van der Waals surface area contributed by atoms with E-state index in [2.05, 4.69) is 11.2 Å². The third kappa shape index (κ3) is 12.5. The maximum absolute atomic E-state index is 10.3. The molecule has 1 unspecified atom stereocenters. The summed E-state index contributed by atoms with van der Waals surface area (Å²) in [6.45, 7) is 2.51. The zero-order valence-corrected chi connectivity index (χ0v) is 16.7. The zero-order chi connectivity index (χ0) is 19.9. The van der Waals surface area contributed by atoms with Gasteiger partial charge >= 0.3 is 17.2 Å². The van der Waals surface area contributed by atoms with Crippen molar-refractivity contribution < 1.29 is 44.3 Å². The van der Waals surface area contributed by atoms with Gasteiger partial charge in [0.15, 0.2) is 0 Å². The topological polar surface area (TPSA) is 171 Å². The fourth-order valence-corrected chi connectivity index (χ4v) is 2.76. The molecule has 0 aromatic heterocycles. The van der Waals surface area contributed by atoms with Gasteiger partial charge in [-0.3, -0.25) is 0 Å². The molecule has 0 heterocycles. The molecule has 1 atom stereocenters. The Morgan fingerprint density at radius 1 is 0.760 bits per heavy atom. The molecule has 25 heavy (non-hydrogen) atoms. The molecule has 8 N–H and O–H groups in total. The molecule has 0 aromatic rings. The number of aliphatic hydroxyl groups is 4. The van der Waals surface area contributed by atoms with Gasteiger partial charge in [0.2, 0.25) is 0 Å². The lowest BCUT2D eigenvalue weighted by Crippen LogP contribution is -2.53. The van der Waals surface area contributed by atoms with Crippen molar-refractivity contribution in [3.8, 4) is 0 Å². The molecule has 9 nitrogen and oxygen atoms in total. The molecule has 154 valence electrons. The van der Waals surface area contributed by atoms with Gasteiger partial charge in [0.1, 0.15) is 0 Å². The van der Waals surface area contributed by atoms with Crippen LogP contribution in [0.4, 0.5) is 0 Å². The molecule has 0 aromatic carbocycles. The SMILES string of the molecule is CCCCCCCCC(C)(O)C(CO)(CO)CO.OP(O)OP(O)O. The summed E-state index contributed by atoms with van der Waals surface area (Å²) >= 11 is 0. The molecule has 11 heteroatoms. The molecule has 0 spiro atoms. The van der Waals surface area contributed by atoms with Crippen LogP contribution in [0.1, 0.15) is 58.8 Å². The maximum atomic E-state index is 10.3. The smallest absolute Gasteiger partial charge is 0.334 e. The van der Waals surface area contributed by atoms with Gasteiger partial charge in [0, 0.05) is 0 Å². The average molecular weight is 408 g/mol. The molecule has 0 fully saturated rings. The van der Waals surface area contributed by atoms with Gasteiger partial charge in [-0.1, -0.05) is 45.4 Å². The minimum absolute atomic E-state index is 0.414. The Morgan fingerprint density at radius 3 is 1.48 bits per heavy atom. The third-order valence-electron chi connectivity index (χ3n) is 4.21. The van der Waals surface area contributed by atoms with Crippen molar-refractivity contribution in [2.45, 2.75) is 64.4 Å². The van der Waals surface area contributed by atoms with Crippen molar-refractivity contribution >= 4 is 17.2 Å². The first kappa shape index (κ1) is 27.7. The Morgan fingerprint density at radius 2 is 1.16 bits per heavy atom. The second kappa shape index (κ2) is 15.5. The monoisotopic (exact) mass is 408 g/mol. The summed E-state index contributed by atoms with van der Waals surface area (Å²) in [5, 5.41) is 38.3. The first-order chi connectivity index (χ1) is 11.6. The Balaban J connectivity index is 0. The molecule has 0 aliphatic carbocycles. The number of unbranched alkanes of at least 4 members (excludes halogenated alkanes) is 5. The lowest BCUT2D eigenvalue weighted by Gasteiger charge is -2.41. The van der Waals surface area contributed by atoms with Gasteiger partial charge in [0.25, 0.3) is 0 Å². The lowest BCUT2D eigenvalue weighted by atomic mass is 9.72. The highest BCUT2D eigenvalue weighted by Crippen LogP contribution is 2.41. The van der Waals surface area contributed by atoms with E-state index in [1.807, 2.05) is 0 Å². The van der Waals surface area contributed by atoms with Crippen LogP contribution < -0.4 is 0 Å². The van der Waals surface area contributed by atoms with Crippen molar-refractivity contribution in [2.75, 3.05) is 19.8 Å². The van der Waals surface area contributed by atoms with Crippen molar-refractivity contribution in [1.29, 1.82) is 0 Å². The normalized spacial score (nSPS) is 14.4. The maximum Gasteiger partial charge on any atom is 0.334 e. The highest BCUT2D eigenvalue weighted by Gasteiger charge is 2.45. The largest absolute Gasteiger partial charge is 0.395 e. The lowest BCUT2D eigenvalue weighted by molar-refractivity contribution is -0.147. The summed E-state index contributed by atoms with van der Waals surface area (Å²) < 4.78 is 3.60. The van der Waals surface area contributed by atoms with Crippen LogP contribution in [0.2, 0.25) is 0 Å². The second-order valence-corrected chi connectivity index (χ2v) is 7.80. The van der Waals surface area contributed by atoms with E-state index in [1.54, 1.807) is 6.92 Å². The van der Waals surface area contributed by atoms with E-state index in [0.717, 1.165) is 19.3 Å². The molecule has 0 saturated heterocycles. The first-order valence-corrected chi connectivity index (χ1v) is 10.5. The summed E-state index contributed by atoms with van der Waals surface area (Å²) in [6, 6.07) is 0. The molecule has 0 amide bonds. The van der Waals surface area contributed by atoms with Crippen LogP contribution in [-0.2, 0) is 4.31 Å². The predicted molar refractivity (Wildman–Crippen MR) is 96.1 cm³/mol. The van der Waals surface area contributed by atoms with Crippen molar-refractivity contribution in [3.63, 3.8) is 0 Å². The fourth-order valence-electron chi connectivity index (χ4n) is 2.24. The Labute approximate surface area is 151 Å². The van der Waals surface area contributed by atoms with Crippen molar-refractivity contribution in [3.05, 3.63) is 0 Å². The molecule has 0 bridgehead atoms. The Kier molecular flexibility index (Phi) is 17.2. The van der Waals surface area contributed by atoms with Gasteiger partial charge in [0.05, 0.1) is 30.8 Å². The summed E-state index contributed by atoms with van der Waals surface area (Å²) in [5.41, 5.74) is -2.45. The minimum Gasteiger partial charge on any atom is -0.395 e. The van der Waals surface area contributed by atoms with E-state index in [4.69, 9.17) is 19.6 Å². The van der Waals surface area contributed by atoms with Crippen LogP contribution in [0.3, 0.4) is 0 Å². The second-order valence-electron chi connectivity index (χ2n) is 6.13. The van der Waals surface area contributed by atoms with Gasteiger partial charge in [-0.15, -0.1) is 0 Å². The average Bonchev–Trinajstić information content (AvgIpc) is 2.52. The Hall–Kier alpha value is 0.500. The molecule has 0 rings (SSSR count). The highest BCUT2D eigenvalue weighted by atomic mass is 31.2. The van der Waals surface area contributed by atoms with Crippen molar-refractivity contribution in [2.24, 2.45) is 5.41 Å². The standard InChI is InChI=1S/C14H30O4.H4O5P2/c1-3-4-5-6-7-8-9-13(2,18)14(10-15,11-16)12-17;1-6(2)5-7(3)4/h15-18H,3-12H2,1-2H3;1-4H. The number of hydrogen-bond acceptors (Lipinski definition) is 9. The summed E-state index contributed by atoms with van der Waals surface area (Å²) in [6.07, 6.45) is 7.18. The van der Waals surface area contributed by atoms with Crippen LogP contribution in [0, 0.1) is 5.41 Å². The van der Waals surface area contributed by atoms with E-state index >= 15 is 0 Å². The number of aliphatic hydroxyl groups excluding tert-OH is 3. The zero-order valence-electron chi connectivity index (χ0n) is 15.0. The van der Waals surface area contributed by atoms with Gasteiger partial charge in [-0.25, -0.2) is 4.31 Å². The molecular formula is C14H34O9P2. The molecule has 0 aliphatic rings.